The second-order valence-corrected chi connectivity index (χ2v) is 7.29. The van der Waals surface area contributed by atoms with E-state index >= 15 is 0 Å². The molecule has 3 saturated heterocycles. The van der Waals surface area contributed by atoms with Crippen LogP contribution in [-0.2, 0) is 16.1 Å². The average molecular weight is 344 g/mol. The number of nitrogens with zero attached hydrogens (tertiary/aromatic N) is 4. The highest BCUT2D eigenvalue weighted by Gasteiger charge is 2.42. The SMILES string of the molecule is O=C1CC[C@@H]2[C@@H](CCN2Cc2ccccn2)N1CCN1CCOCC1. The summed E-state index contributed by atoms with van der Waals surface area (Å²) in [6, 6.07) is 6.98. The van der Waals surface area contributed by atoms with E-state index in [9.17, 15) is 4.79 Å². The first-order chi connectivity index (χ1) is 12.3. The molecule has 0 spiro atoms. The fourth-order valence-corrected chi connectivity index (χ4v) is 4.50. The molecule has 0 radical (unpaired) electrons. The lowest BCUT2D eigenvalue weighted by Gasteiger charge is -2.41. The molecule has 1 aromatic rings. The van der Waals surface area contributed by atoms with Gasteiger partial charge in [0.1, 0.15) is 0 Å². The summed E-state index contributed by atoms with van der Waals surface area (Å²) < 4.78 is 5.42. The van der Waals surface area contributed by atoms with E-state index in [2.05, 4.69) is 31.8 Å². The summed E-state index contributed by atoms with van der Waals surface area (Å²) in [6.45, 7) is 7.40. The highest BCUT2D eigenvalue weighted by atomic mass is 16.5. The number of carbonyl (C=O) groups excluding carboxylic acids is 1. The van der Waals surface area contributed by atoms with Gasteiger partial charge in [0.2, 0.25) is 5.91 Å². The van der Waals surface area contributed by atoms with E-state index in [1.54, 1.807) is 0 Å². The predicted octanol–water partition coefficient (Wildman–Crippen LogP) is 0.979. The summed E-state index contributed by atoms with van der Waals surface area (Å²) in [7, 11) is 0. The number of rotatable bonds is 5. The van der Waals surface area contributed by atoms with Crippen LogP contribution in [0.3, 0.4) is 0 Å². The largest absolute Gasteiger partial charge is 0.379 e. The molecule has 6 heteroatoms. The van der Waals surface area contributed by atoms with Crippen LogP contribution in [0.4, 0.5) is 0 Å². The monoisotopic (exact) mass is 344 g/mol. The van der Waals surface area contributed by atoms with Crippen molar-refractivity contribution in [1.29, 1.82) is 0 Å². The summed E-state index contributed by atoms with van der Waals surface area (Å²) in [6.07, 6.45) is 4.63. The minimum Gasteiger partial charge on any atom is -0.379 e. The van der Waals surface area contributed by atoms with Gasteiger partial charge in [-0.05, 0) is 25.0 Å². The van der Waals surface area contributed by atoms with Crippen LogP contribution in [0.2, 0.25) is 0 Å². The number of pyridine rings is 1. The first kappa shape index (κ1) is 16.9. The Morgan fingerprint density at radius 2 is 1.96 bits per heavy atom. The molecule has 3 fully saturated rings. The van der Waals surface area contributed by atoms with E-state index in [0.717, 1.165) is 71.0 Å². The van der Waals surface area contributed by atoms with Crippen LogP contribution < -0.4 is 0 Å². The van der Waals surface area contributed by atoms with Crippen LogP contribution in [0.1, 0.15) is 25.0 Å². The van der Waals surface area contributed by atoms with Crippen LogP contribution in [0.5, 0.6) is 0 Å². The molecule has 4 heterocycles. The lowest BCUT2D eigenvalue weighted by molar-refractivity contribution is -0.138. The molecule has 0 unspecified atom stereocenters. The maximum atomic E-state index is 12.5. The van der Waals surface area contributed by atoms with Crippen molar-refractivity contribution < 1.29 is 9.53 Å². The van der Waals surface area contributed by atoms with Crippen molar-refractivity contribution in [3.05, 3.63) is 30.1 Å². The first-order valence-corrected chi connectivity index (χ1v) is 9.55. The number of carbonyl (C=O) groups is 1. The van der Waals surface area contributed by atoms with Gasteiger partial charge in [0.15, 0.2) is 0 Å². The molecule has 3 aliphatic rings. The summed E-state index contributed by atoms with van der Waals surface area (Å²) in [4.78, 5) is 24.1. The highest BCUT2D eigenvalue weighted by molar-refractivity contribution is 5.77. The Hall–Kier alpha value is -1.50. The molecule has 136 valence electrons. The van der Waals surface area contributed by atoms with Crippen molar-refractivity contribution in [1.82, 2.24) is 19.7 Å². The average Bonchev–Trinajstić information content (AvgIpc) is 3.05. The van der Waals surface area contributed by atoms with Gasteiger partial charge in [-0.2, -0.15) is 0 Å². The topological polar surface area (TPSA) is 48.9 Å². The third kappa shape index (κ3) is 3.86. The molecular formula is C19H28N4O2. The third-order valence-electron chi connectivity index (χ3n) is 5.85. The highest BCUT2D eigenvalue weighted by Crippen LogP contribution is 2.32. The molecule has 3 aliphatic heterocycles. The molecule has 6 nitrogen and oxygen atoms in total. The van der Waals surface area contributed by atoms with Gasteiger partial charge in [0.25, 0.3) is 0 Å². The lowest BCUT2D eigenvalue weighted by atomic mass is 9.96. The van der Waals surface area contributed by atoms with Crippen molar-refractivity contribution in [3.63, 3.8) is 0 Å². The van der Waals surface area contributed by atoms with Crippen molar-refractivity contribution >= 4 is 5.91 Å². The Morgan fingerprint density at radius 3 is 2.76 bits per heavy atom. The molecule has 1 aromatic heterocycles. The Labute approximate surface area is 149 Å². The number of hydrogen-bond acceptors (Lipinski definition) is 5. The molecule has 0 aliphatic carbocycles. The van der Waals surface area contributed by atoms with E-state index in [1.165, 1.54) is 0 Å². The zero-order valence-electron chi connectivity index (χ0n) is 14.8. The fraction of sp³-hybridized carbons (Fsp3) is 0.684. The van der Waals surface area contributed by atoms with Gasteiger partial charge >= 0.3 is 0 Å². The predicted molar refractivity (Wildman–Crippen MR) is 95.0 cm³/mol. The van der Waals surface area contributed by atoms with E-state index < -0.39 is 0 Å². The standard InChI is InChI=1S/C19H28N4O2/c24-19-5-4-17-18(23(19)10-9-21-11-13-25-14-12-21)6-8-22(17)15-16-3-1-2-7-20-16/h1-3,7,17-18H,4-6,8-15H2/t17-,18-/m1/s1. The number of likely N-dealkylation sites (tertiary alicyclic amines) is 2. The maximum absolute atomic E-state index is 12.5. The number of morpholine rings is 1. The maximum Gasteiger partial charge on any atom is 0.222 e. The molecule has 25 heavy (non-hydrogen) atoms. The molecule has 1 amide bonds. The minimum absolute atomic E-state index is 0.342. The Morgan fingerprint density at radius 1 is 1.08 bits per heavy atom. The second kappa shape index (κ2) is 7.81. The van der Waals surface area contributed by atoms with Crippen LogP contribution >= 0.6 is 0 Å². The van der Waals surface area contributed by atoms with E-state index in [0.29, 0.717) is 24.4 Å². The first-order valence-electron chi connectivity index (χ1n) is 9.55. The van der Waals surface area contributed by atoms with E-state index in [-0.39, 0.29) is 0 Å². The molecule has 0 bridgehead atoms. The third-order valence-corrected chi connectivity index (χ3v) is 5.85. The Balaban J connectivity index is 1.37. The number of piperidine rings is 1. The molecule has 0 aromatic carbocycles. The zero-order valence-corrected chi connectivity index (χ0v) is 14.8. The fourth-order valence-electron chi connectivity index (χ4n) is 4.50. The molecule has 2 atom stereocenters. The molecule has 0 N–H and O–H groups in total. The Kier molecular flexibility index (Phi) is 5.29. The normalized spacial score (nSPS) is 28.3. The number of fused-ring (bicyclic) bond motifs is 1. The van der Waals surface area contributed by atoms with Gasteiger partial charge in [0, 0.05) is 64.0 Å². The number of amides is 1. The minimum atomic E-state index is 0.342. The second-order valence-electron chi connectivity index (χ2n) is 7.29. The van der Waals surface area contributed by atoms with Gasteiger partial charge in [0.05, 0.1) is 18.9 Å². The summed E-state index contributed by atoms with van der Waals surface area (Å²) in [5.41, 5.74) is 1.12. The number of aromatic nitrogens is 1. The van der Waals surface area contributed by atoms with Crippen molar-refractivity contribution in [2.24, 2.45) is 0 Å². The van der Waals surface area contributed by atoms with Gasteiger partial charge in [-0.15, -0.1) is 0 Å². The molecule has 4 rings (SSSR count). The van der Waals surface area contributed by atoms with Crippen molar-refractivity contribution in [3.8, 4) is 0 Å². The Bertz CT molecular complexity index is 576. The number of hydrogen-bond donors (Lipinski definition) is 0. The van der Waals surface area contributed by atoms with E-state index in [1.807, 2.05) is 12.3 Å². The van der Waals surface area contributed by atoms with Gasteiger partial charge in [-0.3, -0.25) is 19.6 Å². The van der Waals surface area contributed by atoms with Crippen LogP contribution in [0, 0.1) is 0 Å². The molecular weight excluding hydrogens is 316 g/mol. The summed E-state index contributed by atoms with van der Waals surface area (Å²) in [5.74, 6) is 0.342. The van der Waals surface area contributed by atoms with Crippen LogP contribution in [0.15, 0.2) is 24.4 Å². The van der Waals surface area contributed by atoms with Crippen molar-refractivity contribution in [2.75, 3.05) is 45.9 Å². The summed E-state index contributed by atoms with van der Waals surface area (Å²) >= 11 is 0. The molecule has 0 saturated carbocycles. The van der Waals surface area contributed by atoms with Crippen LogP contribution in [0.25, 0.3) is 0 Å². The van der Waals surface area contributed by atoms with Gasteiger partial charge in [-0.25, -0.2) is 0 Å². The van der Waals surface area contributed by atoms with Gasteiger partial charge in [-0.1, -0.05) is 6.07 Å². The van der Waals surface area contributed by atoms with Crippen molar-refractivity contribution in [2.45, 2.75) is 37.9 Å². The smallest absolute Gasteiger partial charge is 0.222 e. The van der Waals surface area contributed by atoms with Gasteiger partial charge < -0.3 is 9.64 Å². The lowest BCUT2D eigenvalue weighted by Crippen LogP contribution is -2.54. The zero-order chi connectivity index (χ0) is 17.1. The van der Waals surface area contributed by atoms with E-state index in [4.69, 9.17) is 4.74 Å². The van der Waals surface area contributed by atoms with Crippen LogP contribution in [-0.4, -0.2) is 83.6 Å². The number of ether oxygens (including phenoxy) is 1. The summed E-state index contributed by atoms with van der Waals surface area (Å²) in [5, 5.41) is 0. The quantitative estimate of drug-likeness (QED) is 0.797.